The Hall–Kier alpha value is -3.64. The lowest BCUT2D eigenvalue weighted by Gasteiger charge is -2.03. The molecular formula is C26H26N8OS2. The van der Waals surface area contributed by atoms with Gasteiger partial charge in [0, 0.05) is 40.2 Å². The van der Waals surface area contributed by atoms with Crippen LogP contribution in [0.25, 0.3) is 45.6 Å². The highest BCUT2D eigenvalue weighted by Crippen LogP contribution is 2.27. The van der Waals surface area contributed by atoms with Gasteiger partial charge in [-0.1, -0.05) is 56.3 Å². The number of aromatic nitrogens is 6. The summed E-state index contributed by atoms with van der Waals surface area (Å²) in [5.41, 5.74) is 3.48. The fraction of sp³-hybridized carbons (Fsp3) is 0.154. The average molecular weight is 531 g/mol. The standard InChI is InChI=1S/C26H26N8OS2/c1-3-27-36-21-12-6-10-19(15-21)25-29-23(31-33-25)17-8-5-9-18(14-17)24-30-26(34-32-24)20-11-7-13-22(16-20)37(35)28-4-2/h5-16,27-28H,3-4H2,1-2H3,(H,29,31,33)(H,30,32,34). The smallest absolute Gasteiger partial charge is 0.181 e. The summed E-state index contributed by atoms with van der Waals surface area (Å²) in [6, 6.07) is 23.4. The maximum atomic E-state index is 12.3. The van der Waals surface area contributed by atoms with Gasteiger partial charge in [-0.2, -0.15) is 10.2 Å². The molecule has 1 atom stereocenters. The Bertz CT molecular complexity index is 1530. The van der Waals surface area contributed by atoms with E-state index in [0.717, 1.165) is 33.7 Å². The number of hydrogen-bond donors (Lipinski definition) is 4. The first-order valence-electron chi connectivity index (χ1n) is 11.9. The van der Waals surface area contributed by atoms with Gasteiger partial charge in [0.05, 0.1) is 4.90 Å². The van der Waals surface area contributed by atoms with Crippen LogP contribution in [0, 0.1) is 0 Å². The highest BCUT2D eigenvalue weighted by atomic mass is 32.2. The van der Waals surface area contributed by atoms with Gasteiger partial charge in [-0.25, -0.2) is 18.9 Å². The second kappa shape index (κ2) is 11.6. The van der Waals surface area contributed by atoms with E-state index in [2.05, 4.69) is 53.9 Å². The van der Waals surface area contributed by atoms with Gasteiger partial charge < -0.3 is 0 Å². The second-order valence-corrected chi connectivity index (χ2v) is 10.3. The molecular weight excluding hydrogens is 504 g/mol. The highest BCUT2D eigenvalue weighted by molar-refractivity contribution is 7.97. The minimum absolute atomic E-state index is 0.534. The molecule has 0 bridgehead atoms. The maximum Gasteiger partial charge on any atom is 0.181 e. The van der Waals surface area contributed by atoms with Crippen LogP contribution in [0.15, 0.2) is 82.6 Å². The summed E-state index contributed by atoms with van der Waals surface area (Å²) >= 11 is 1.59. The van der Waals surface area contributed by atoms with Crippen LogP contribution in [0.2, 0.25) is 0 Å². The Morgan fingerprint density at radius 2 is 1.35 bits per heavy atom. The fourth-order valence-electron chi connectivity index (χ4n) is 3.67. The first-order chi connectivity index (χ1) is 18.1. The van der Waals surface area contributed by atoms with E-state index in [1.165, 1.54) is 0 Å². The zero-order valence-electron chi connectivity index (χ0n) is 20.4. The van der Waals surface area contributed by atoms with E-state index in [1.54, 1.807) is 11.9 Å². The first kappa shape index (κ1) is 25.0. The Kier molecular flexibility index (Phi) is 7.85. The van der Waals surface area contributed by atoms with Crippen molar-refractivity contribution >= 4 is 22.9 Å². The molecule has 4 N–H and O–H groups in total. The Balaban J connectivity index is 1.37. The van der Waals surface area contributed by atoms with Crippen LogP contribution in [-0.4, -0.2) is 47.7 Å². The van der Waals surface area contributed by atoms with E-state index in [-0.39, 0.29) is 0 Å². The van der Waals surface area contributed by atoms with Gasteiger partial charge in [0.25, 0.3) is 0 Å². The van der Waals surface area contributed by atoms with Crippen LogP contribution in [0.4, 0.5) is 0 Å². The van der Waals surface area contributed by atoms with Crippen molar-refractivity contribution < 1.29 is 4.21 Å². The van der Waals surface area contributed by atoms with Crippen LogP contribution in [0.3, 0.4) is 0 Å². The van der Waals surface area contributed by atoms with Crippen LogP contribution >= 0.6 is 11.9 Å². The van der Waals surface area contributed by atoms with E-state index in [4.69, 9.17) is 4.98 Å². The molecule has 0 fully saturated rings. The molecule has 0 aliphatic carbocycles. The molecule has 9 nitrogen and oxygen atoms in total. The van der Waals surface area contributed by atoms with Gasteiger partial charge in [-0.15, -0.1) is 0 Å². The number of nitrogens with one attached hydrogen (secondary N) is 4. The quantitative estimate of drug-likeness (QED) is 0.191. The van der Waals surface area contributed by atoms with Crippen molar-refractivity contribution in [2.45, 2.75) is 23.6 Å². The Labute approximate surface area is 221 Å². The van der Waals surface area contributed by atoms with Crippen LogP contribution < -0.4 is 9.44 Å². The van der Waals surface area contributed by atoms with Crippen molar-refractivity contribution in [2.75, 3.05) is 13.1 Å². The van der Waals surface area contributed by atoms with Gasteiger partial charge in [0.2, 0.25) is 0 Å². The predicted octanol–water partition coefficient (Wildman–Crippen LogP) is 4.84. The zero-order chi connectivity index (χ0) is 25.6. The van der Waals surface area contributed by atoms with Crippen molar-refractivity contribution in [1.29, 1.82) is 0 Å². The Morgan fingerprint density at radius 3 is 2.03 bits per heavy atom. The lowest BCUT2D eigenvalue weighted by molar-refractivity contribution is 0.674. The minimum Gasteiger partial charge on any atom is -0.260 e. The molecule has 3 aromatic carbocycles. The largest absolute Gasteiger partial charge is 0.260 e. The SMILES string of the molecule is CCNSc1cccc(-c2nc(-c3cccc(-c4nc(-c5cccc(S(=O)NCC)c5)n[nH]4)c3)n[nH]2)c1. The molecule has 2 heterocycles. The third-order valence-corrected chi connectivity index (χ3v) is 7.54. The predicted molar refractivity (Wildman–Crippen MR) is 148 cm³/mol. The lowest BCUT2D eigenvalue weighted by atomic mass is 10.1. The molecule has 37 heavy (non-hydrogen) atoms. The van der Waals surface area contributed by atoms with Gasteiger partial charge in [-0.05, 0) is 42.3 Å². The zero-order valence-corrected chi connectivity index (χ0v) is 22.0. The number of H-pyrrole nitrogens is 2. The Morgan fingerprint density at radius 1 is 0.757 bits per heavy atom. The maximum absolute atomic E-state index is 12.3. The number of rotatable bonds is 10. The van der Waals surface area contributed by atoms with Crippen molar-refractivity contribution in [3.63, 3.8) is 0 Å². The number of aromatic amines is 2. The first-order valence-corrected chi connectivity index (χ1v) is 13.8. The van der Waals surface area contributed by atoms with E-state index >= 15 is 0 Å². The summed E-state index contributed by atoms with van der Waals surface area (Å²) in [7, 11) is -1.27. The normalized spacial score (nSPS) is 12.1. The average Bonchev–Trinajstić information content (AvgIpc) is 3.63. The van der Waals surface area contributed by atoms with Crippen molar-refractivity contribution in [3.05, 3.63) is 72.8 Å². The van der Waals surface area contributed by atoms with Gasteiger partial charge in [0.15, 0.2) is 23.3 Å². The topological polar surface area (TPSA) is 124 Å². The van der Waals surface area contributed by atoms with E-state index < -0.39 is 11.0 Å². The summed E-state index contributed by atoms with van der Waals surface area (Å²) < 4.78 is 18.5. The van der Waals surface area contributed by atoms with Crippen molar-refractivity contribution in [2.24, 2.45) is 0 Å². The van der Waals surface area contributed by atoms with Gasteiger partial charge in [-0.3, -0.25) is 14.9 Å². The van der Waals surface area contributed by atoms with Crippen molar-refractivity contribution in [1.82, 2.24) is 39.8 Å². The molecule has 0 amide bonds. The summed E-state index contributed by atoms with van der Waals surface area (Å²) in [5.74, 6) is 2.46. The lowest BCUT2D eigenvalue weighted by Crippen LogP contribution is -2.16. The molecule has 5 rings (SSSR count). The van der Waals surface area contributed by atoms with Crippen LogP contribution in [0.1, 0.15) is 13.8 Å². The van der Waals surface area contributed by atoms with Gasteiger partial charge in [0.1, 0.15) is 11.0 Å². The van der Waals surface area contributed by atoms with Crippen LogP contribution in [-0.2, 0) is 11.0 Å². The monoisotopic (exact) mass is 530 g/mol. The summed E-state index contributed by atoms with van der Waals surface area (Å²) in [4.78, 5) is 11.2. The number of hydrogen-bond acceptors (Lipinski definition) is 7. The summed E-state index contributed by atoms with van der Waals surface area (Å²) in [6.45, 7) is 5.49. The summed E-state index contributed by atoms with van der Waals surface area (Å²) in [5, 5.41) is 14.9. The molecule has 0 radical (unpaired) electrons. The van der Waals surface area contributed by atoms with E-state index in [0.29, 0.717) is 34.7 Å². The molecule has 0 aliphatic heterocycles. The third kappa shape index (κ3) is 5.86. The summed E-state index contributed by atoms with van der Waals surface area (Å²) in [6.07, 6.45) is 0. The highest BCUT2D eigenvalue weighted by Gasteiger charge is 2.13. The molecule has 0 aliphatic rings. The third-order valence-electron chi connectivity index (χ3n) is 5.39. The van der Waals surface area contributed by atoms with Gasteiger partial charge >= 0.3 is 0 Å². The number of nitrogens with zero attached hydrogens (tertiary/aromatic N) is 4. The fourth-order valence-corrected chi connectivity index (χ4v) is 5.18. The molecule has 0 saturated heterocycles. The van der Waals surface area contributed by atoms with Crippen molar-refractivity contribution in [3.8, 4) is 45.6 Å². The minimum atomic E-state index is -1.27. The molecule has 11 heteroatoms. The molecule has 188 valence electrons. The molecule has 5 aromatic rings. The van der Waals surface area contributed by atoms with E-state index in [1.807, 2.05) is 67.6 Å². The molecule has 0 spiro atoms. The van der Waals surface area contributed by atoms with E-state index in [9.17, 15) is 4.21 Å². The van der Waals surface area contributed by atoms with Crippen LogP contribution in [0.5, 0.6) is 0 Å². The molecule has 0 saturated carbocycles. The molecule has 1 unspecified atom stereocenters. The second-order valence-electron chi connectivity index (χ2n) is 8.02. The number of benzene rings is 3. The molecule has 2 aromatic heterocycles.